The number of ether oxygens (including phenoxy) is 1. The van der Waals surface area contributed by atoms with Crippen molar-refractivity contribution in [2.45, 2.75) is 6.92 Å². The topological polar surface area (TPSA) is 102 Å². The van der Waals surface area contributed by atoms with Gasteiger partial charge in [0.2, 0.25) is 5.88 Å². The molecule has 0 radical (unpaired) electrons. The van der Waals surface area contributed by atoms with Crippen molar-refractivity contribution in [3.8, 4) is 23.3 Å². The third-order valence-corrected chi connectivity index (χ3v) is 3.65. The molecule has 2 aromatic heterocycles. The second kappa shape index (κ2) is 6.93. The third kappa shape index (κ3) is 3.38. The van der Waals surface area contributed by atoms with E-state index in [1.807, 2.05) is 55.1 Å². The number of nitriles is 1. The number of nitrogen functional groups attached to an aromatic ring is 1. The number of hydrogen-bond donors (Lipinski definition) is 2. The van der Waals surface area contributed by atoms with E-state index in [0.717, 1.165) is 17.1 Å². The van der Waals surface area contributed by atoms with E-state index in [-0.39, 0.29) is 11.4 Å². The molecule has 0 aliphatic rings. The monoisotopic (exact) mass is 334 g/mol. The minimum atomic E-state index is 0.233. The lowest BCUT2D eigenvalue weighted by Gasteiger charge is -2.11. The zero-order valence-corrected chi connectivity index (χ0v) is 14.0. The van der Waals surface area contributed by atoms with Crippen molar-refractivity contribution in [3.05, 3.63) is 48.3 Å². The molecule has 0 bridgehead atoms. The number of nitrogens with two attached hydrogens (primary N) is 1. The highest BCUT2D eigenvalue weighted by Crippen LogP contribution is 2.27. The largest absolute Gasteiger partial charge is 0.477 e. The molecule has 0 fully saturated rings. The van der Waals surface area contributed by atoms with Crippen LogP contribution in [-0.2, 0) is 7.05 Å². The highest BCUT2D eigenvalue weighted by atomic mass is 16.5. The number of imidazole rings is 1. The molecule has 7 nitrogen and oxygen atoms in total. The molecule has 0 amide bonds. The Morgan fingerprint density at radius 3 is 2.68 bits per heavy atom. The summed E-state index contributed by atoms with van der Waals surface area (Å²) in [7, 11) is 1.95. The van der Waals surface area contributed by atoms with E-state index in [1.165, 1.54) is 0 Å². The molecule has 3 N–H and O–H groups in total. The van der Waals surface area contributed by atoms with E-state index in [4.69, 9.17) is 10.5 Å². The number of nitrogens with zero attached hydrogens (tertiary/aromatic N) is 4. The quantitative estimate of drug-likeness (QED) is 0.743. The Hall–Kier alpha value is -3.53. The van der Waals surface area contributed by atoms with Gasteiger partial charge in [-0.05, 0) is 31.2 Å². The van der Waals surface area contributed by atoms with Crippen LogP contribution in [0, 0.1) is 11.3 Å². The minimum absolute atomic E-state index is 0.233. The van der Waals surface area contributed by atoms with E-state index in [2.05, 4.69) is 15.3 Å². The maximum atomic E-state index is 9.17. The van der Waals surface area contributed by atoms with Gasteiger partial charge in [0.25, 0.3) is 0 Å². The lowest BCUT2D eigenvalue weighted by Crippen LogP contribution is -2.04. The SMILES string of the molecule is CCOc1nc(Nc2ccc(-c3nccn3C)cc2)cc(N)c1C#N. The van der Waals surface area contributed by atoms with Crippen molar-refractivity contribution < 1.29 is 4.74 Å². The molecule has 0 aliphatic carbocycles. The molecule has 3 rings (SSSR count). The van der Waals surface area contributed by atoms with Crippen molar-refractivity contribution in [1.82, 2.24) is 14.5 Å². The molecule has 0 atom stereocenters. The first-order chi connectivity index (χ1) is 12.1. The van der Waals surface area contributed by atoms with Crippen LogP contribution in [-0.4, -0.2) is 21.1 Å². The van der Waals surface area contributed by atoms with Crippen molar-refractivity contribution in [2.75, 3.05) is 17.7 Å². The van der Waals surface area contributed by atoms with Crippen LogP contribution >= 0.6 is 0 Å². The Morgan fingerprint density at radius 1 is 1.32 bits per heavy atom. The summed E-state index contributed by atoms with van der Waals surface area (Å²) in [5, 5.41) is 12.3. The first-order valence-electron chi connectivity index (χ1n) is 7.80. The second-order valence-electron chi connectivity index (χ2n) is 5.39. The summed E-state index contributed by atoms with van der Waals surface area (Å²) >= 11 is 0. The standard InChI is InChI=1S/C18H18N6O/c1-3-25-18-14(11-19)15(20)10-16(23-18)22-13-6-4-12(5-7-13)17-21-8-9-24(17)2/h4-10H,3H2,1-2H3,(H3,20,22,23). The van der Waals surface area contributed by atoms with E-state index in [9.17, 15) is 5.26 Å². The predicted octanol–water partition coefficient (Wildman–Crippen LogP) is 3.08. The summed E-state index contributed by atoms with van der Waals surface area (Å²) in [4.78, 5) is 8.65. The molecule has 0 aliphatic heterocycles. The van der Waals surface area contributed by atoms with Gasteiger partial charge < -0.3 is 20.4 Å². The predicted molar refractivity (Wildman–Crippen MR) is 96.5 cm³/mol. The second-order valence-corrected chi connectivity index (χ2v) is 5.39. The van der Waals surface area contributed by atoms with Crippen molar-refractivity contribution in [3.63, 3.8) is 0 Å². The molecule has 0 unspecified atom stereocenters. The Bertz CT molecular complexity index is 924. The van der Waals surface area contributed by atoms with E-state index in [1.54, 1.807) is 12.3 Å². The van der Waals surface area contributed by atoms with Gasteiger partial charge in [-0.2, -0.15) is 10.2 Å². The smallest absolute Gasteiger partial charge is 0.235 e. The minimum Gasteiger partial charge on any atom is -0.477 e. The molecular formula is C18H18N6O. The lowest BCUT2D eigenvalue weighted by molar-refractivity contribution is 0.326. The van der Waals surface area contributed by atoms with Gasteiger partial charge in [0.05, 0.1) is 12.3 Å². The number of aryl methyl sites for hydroxylation is 1. The zero-order valence-electron chi connectivity index (χ0n) is 14.0. The first-order valence-corrected chi connectivity index (χ1v) is 7.80. The summed E-state index contributed by atoms with van der Waals surface area (Å²) in [5.74, 6) is 1.65. The molecule has 126 valence electrons. The van der Waals surface area contributed by atoms with Gasteiger partial charge >= 0.3 is 0 Å². The number of benzene rings is 1. The van der Waals surface area contributed by atoms with Gasteiger partial charge in [-0.1, -0.05) is 0 Å². The number of hydrogen-bond acceptors (Lipinski definition) is 6. The van der Waals surface area contributed by atoms with Gasteiger partial charge in [0.15, 0.2) is 0 Å². The maximum absolute atomic E-state index is 9.17. The van der Waals surface area contributed by atoms with Crippen molar-refractivity contribution in [1.29, 1.82) is 5.26 Å². The zero-order chi connectivity index (χ0) is 17.8. The molecular weight excluding hydrogens is 316 g/mol. The van der Waals surface area contributed by atoms with Crippen LogP contribution in [0.25, 0.3) is 11.4 Å². The summed E-state index contributed by atoms with van der Waals surface area (Å²) in [6, 6.07) is 11.4. The fourth-order valence-corrected chi connectivity index (χ4v) is 2.45. The highest BCUT2D eigenvalue weighted by molar-refractivity contribution is 5.69. The average Bonchev–Trinajstić information content (AvgIpc) is 3.02. The molecule has 0 saturated carbocycles. The molecule has 7 heteroatoms. The molecule has 3 aromatic rings. The van der Waals surface area contributed by atoms with E-state index >= 15 is 0 Å². The van der Waals surface area contributed by atoms with Crippen molar-refractivity contribution in [2.24, 2.45) is 7.05 Å². The van der Waals surface area contributed by atoms with Crippen molar-refractivity contribution >= 4 is 17.2 Å². The van der Waals surface area contributed by atoms with E-state index in [0.29, 0.717) is 18.1 Å². The summed E-state index contributed by atoms with van der Waals surface area (Å²) in [5.41, 5.74) is 8.36. The van der Waals surface area contributed by atoms with Gasteiger partial charge in [-0.15, -0.1) is 0 Å². The Morgan fingerprint density at radius 2 is 2.08 bits per heavy atom. The van der Waals surface area contributed by atoms with Crippen LogP contribution in [0.1, 0.15) is 12.5 Å². The van der Waals surface area contributed by atoms with Crippen LogP contribution in [0.2, 0.25) is 0 Å². The maximum Gasteiger partial charge on any atom is 0.235 e. The average molecular weight is 334 g/mol. The van der Waals surface area contributed by atoms with Gasteiger partial charge in [-0.25, -0.2) is 4.98 Å². The number of nitrogens with one attached hydrogen (secondary N) is 1. The summed E-state index contributed by atoms with van der Waals surface area (Å²) < 4.78 is 7.36. The number of aromatic nitrogens is 3. The van der Waals surface area contributed by atoms with Crippen LogP contribution in [0.4, 0.5) is 17.2 Å². The Labute approximate surface area is 145 Å². The first kappa shape index (κ1) is 16.3. The third-order valence-electron chi connectivity index (χ3n) is 3.65. The summed E-state index contributed by atoms with van der Waals surface area (Å²) in [6.45, 7) is 2.23. The molecule has 0 spiro atoms. The van der Waals surface area contributed by atoms with E-state index < -0.39 is 0 Å². The van der Waals surface area contributed by atoms with Crippen LogP contribution in [0.15, 0.2) is 42.7 Å². The van der Waals surface area contributed by atoms with Gasteiger partial charge in [0, 0.05) is 36.8 Å². The van der Waals surface area contributed by atoms with Gasteiger partial charge in [-0.3, -0.25) is 0 Å². The normalized spacial score (nSPS) is 10.3. The number of anilines is 3. The fraction of sp³-hybridized carbons (Fsp3) is 0.167. The van der Waals surface area contributed by atoms with Gasteiger partial charge in [0.1, 0.15) is 23.3 Å². The van der Waals surface area contributed by atoms with Crippen LogP contribution in [0.3, 0.4) is 0 Å². The highest BCUT2D eigenvalue weighted by Gasteiger charge is 2.12. The number of pyridine rings is 1. The molecule has 2 heterocycles. The fourth-order valence-electron chi connectivity index (χ4n) is 2.45. The summed E-state index contributed by atoms with van der Waals surface area (Å²) in [6.07, 6.45) is 3.67. The van der Waals surface area contributed by atoms with Crippen LogP contribution in [0.5, 0.6) is 5.88 Å². The molecule has 1 aromatic carbocycles. The lowest BCUT2D eigenvalue weighted by atomic mass is 10.2. The number of rotatable bonds is 5. The van der Waals surface area contributed by atoms with Crippen LogP contribution < -0.4 is 15.8 Å². The molecule has 0 saturated heterocycles. The Kier molecular flexibility index (Phi) is 4.53. The molecule has 25 heavy (non-hydrogen) atoms. The Balaban J connectivity index is 1.85.